The van der Waals surface area contributed by atoms with Gasteiger partial charge in [0.25, 0.3) is 0 Å². The van der Waals surface area contributed by atoms with Gasteiger partial charge in [0, 0.05) is 29.1 Å². The zero-order valence-corrected chi connectivity index (χ0v) is 15.7. The van der Waals surface area contributed by atoms with Gasteiger partial charge in [0.1, 0.15) is 5.75 Å². The third-order valence-electron chi connectivity index (χ3n) is 4.40. The molecule has 0 saturated heterocycles. The minimum absolute atomic E-state index is 0.361. The van der Waals surface area contributed by atoms with Gasteiger partial charge in [-0.05, 0) is 30.3 Å². The fraction of sp³-hybridized carbons (Fsp3) is 0.0952. The number of nitrogens with zero attached hydrogens (tertiary/aromatic N) is 3. The molecule has 0 spiro atoms. The lowest BCUT2D eigenvalue weighted by Gasteiger charge is -2.09. The van der Waals surface area contributed by atoms with Gasteiger partial charge in [-0.15, -0.1) is 0 Å². The Morgan fingerprint density at radius 2 is 1.83 bits per heavy atom. The second kappa shape index (κ2) is 7.86. The molecule has 0 aliphatic heterocycles. The summed E-state index contributed by atoms with van der Waals surface area (Å²) in [6.45, 7) is 0. The molecule has 2 N–H and O–H groups in total. The third kappa shape index (κ3) is 4.09. The van der Waals surface area contributed by atoms with Crippen molar-refractivity contribution in [2.45, 2.75) is 6.18 Å². The van der Waals surface area contributed by atoms with E-state index in [1.165, 1.54) is 12.1 Å². The number of H-pyrrole nitrogens is 1. The fourth-order valence-corrected chi connectivity index (χ4v) is 2.93. The number of ether oxygens (including phenoxy) is 1. The van der Waals surface area contributed by atoms with E-state index in [1.807, 2.05) is 24.3 Å². The van der Waals surface area contributed by atoms with Crippen molar-refractivity contribution in [1.82, 2.24) is 20.2 Å². The van der Waals surface area contributed by atoms with Crippen molar-refractivity contribution in [2.24, 2.45) is 0 Å². The average Bonchev–Trinajstić information content (AvgIpc) is 3.23. The maximum Gasteiger partial charge on any atom is 0.416 e. The number of nitrogens with one attached hydrogen (secondary N) is 2. The van der Waals surface area contributed by atoms with E-state index in [0.717, 1.165) is 17.8 Å². The quantitative estimate of drug-likeness (QED) is 0.466. The first kappa shape index (κ1) is 19.4. The molecule has 30 heavy (non-hydrogen) atoms. The van der Waals surface area contributed by atoms with E-state index in [2.05, 4.69) is 25.5 Å². The van der Waals surface area contributed by atoms with Gasteiger partial charge in [0.15, 0.2) is 0 Å². The molecular formula is C21H16F3N5O. The van der Waals surface area contributed by atoms with Crippen LogP contribution in [0.5, 0.6) is 5.75 Å². The Morgan fingerprint density at radius 1 is 1.03 bits per heavy atom. The minimum atomic E-state index is -4.39. The van der Waals surface area contributed by atoms with E-state index < -0.39 is 11.7 Å². The Hall–Kier alpha value is -3.88. The van der Waals surface area contributed by atoms with Crippen molar-refractivity contribution >= 4 is 11.6 Å². The molecule has 0 aliphatic carbocycles. The molecule has 0 fully saturated rings. The molecule has 0 radical (unpaired) electrons. The maximum absolute atomic E-state index is 12.8. The summed E-state index contributed by atoms with van der Waals surface area (Å²) in [6.07, 6.45) is -1.22. The standard InChI is InChI=1S/C21H16F3N5O/c1-30-16-4-2-3-15(11-16)27-20-25-10-9-18(28-20)17-12-26-29-19(17)13-5-7-14(8-6-13)21(22,23)24/h2-12H,1H3,(H,26,29)(H,25,27,28). The highest BCUT2D eigenvalue weighted by atomic mass is 19.4. The second-order valence-electron chi connectivity index (χ2n) is 6.36. The number of rotatable bonds is 5. The van der Waals surface area contributed by atoms with Crippen molar-refractivity contribution < 1.29 is 17.9 Å². The summed E-state index contributed by atoms with van der Waals surface area (Å²) >= 11 is 0. The molecule has 0 amide bonds. The van der Waals surface area contributed by atoms with Crippen LogP contribution in [0.25, 0.3) is 22.5 Å². The number of aromatic nitrogens is 4. The molecule has 2 aromatic heterocycles. The van der Waals surface area contributed by atoms with Crippen LogP contribution in [-0.4, -0.2) is 27.3 Å². The van der Waals surface area contributed by atoms with Gasteiger partial charge in [-0.1, -0.05) is 18.2 Å². The average molecular weight is 411 g/mol. The van der Waals surface area contributed by atoms with E-state index in [0.29, 0.717) is 34.2 Å². The van der Waals surface area contributed by atoms with Gasteiger partial charge in [0.2, 0.25) is 5.95 Å². The Labute approximate surface area is 169 Å². The SMILES string of the molecule is COc1cccc(Nc2nccc(-c3cn[nH]c3-c3ccc(C(F)(F)F)cc3)n2)c1. The van der Waals surface area contributed by atoms with Gasteiger partial charge in [-0.2, -0.15) is 18.3 Å². The van der Waals surface area contributed by atoms with Gasteiger partial charge in [-0.3, -0.25) is 5.10 Å². The minimum Gasteiger partial charge on any atom is -0.497 e. The van der Waals surface area contributed by atoms with Crippen LogP contribution < -0.4 is 10.1 Å². The lowest BCUT2D eigenvalue weighted by atomic mass is 10.0. The first-order valence-corrected chi connectivity index (χ1v) is 8.89. The van der Waals surface area contributed by atoms with Crippen LogP contribution in [0.1, 0.15) is 5.56 Å². The van der Waals surface area contributed by atoms with Crippen molar-refractivity contribution in [3.05, 3.63) is 72.6 Å². The molecule has 0 atom stereocenters. The summed E-state index contributed by atoms with van der Waals surface area (Å²) < 4.78 is 43.7. The van der Waals surface area contributed by atoms with Crippen LogP contribution >= 0.6 is 0 Å². The third-order valence-corrected chi connectivity index (χ3v) is 4.40. The van der Waals surface area contributed by atoms with Crippen LogP contribution in [-0.2, 0) is 6.18 Å². The van der Waals surface area contributed by atoms with E-state index in [4.69, 9.17) is 4.74 Å². The number of anilines is 2. The highest BCUT2D eigenvalue weighted by Crippen LogP contribution is 2.33. The summed E-state index contributed by atoms with van der Waals surface area (Å²) in [4.78, 5) is 8.73. The largest absolute Gasteiger partial charge is 0.497 e. The molecule has 6 nitrogen and oxygen atoms in total. The predicted molar refractivity (Wildman–Crippen MR) is 106 cm³/mol. The molecule has 2 heterocycles. The molecular weight excluding hydrogens is 395 g/mol. The molecule has 4 aromatic rings. The predicted octanol–water partition coefficient (Wildman–Crippen LogP) is 5.30. The number of hydrogen-bond donors (Lipinski definition) is 2. The normalized spacial score (nSPS) is 11.3. The molecule has 152 valence electrons. The highest BCUT2D eigenvalue weighted by molar-refractivity contribution is 5.79. The molecule has 0 unspecified atom stereocenters. The lowest BCUT2D eigenvalue weighted by molar-refractivity contribution is -0.137. The van der Waals surface area contributed by atoms with Crippen molar-refractivity contribution in [1.29, 1.82) is 0 Å². The van der Waals surface area contributed by atoms with Crippen LogP contribution in [0.15, 0.2) is 67.0 Å². The van der Waals surface area contributed by atoms with Crippen molar-refractivity contribution in [2.75, 3.05) is 12.4 Å². The molecule has 9 heteroatoms. The topological polar surface area (TPSA) is 75.7 Å². The summed E-state index contributed by atoms with van der Waals surface area (Å²) in [7, 11) is 1.58. The van der Waals surface area contributed by atoms with Crippen molar-refractivity contribution in [3.8, 4) is 28.3 Å². The summed E-state index contributed by atoms with van der Waals surface area (Å²) in [5.74, 6) is 1.05. The van der Waals surface area contributed by atoms with E-state index >= 15 is 0 Å². The summed E-state index contributed by atoms with van der Waals surface area (Å²) in [6, 6.07) is 13.9. The van der Waals surface area contributed by atoms with E-state index in [-0.39, 0.29) is 0 Å². The zero-order valence-electron chi connectivity index (χ0n) is 15.7. The number of aromatic amines is 1. The Balaban J connectivity index is 1.63. The summed E-state index contributed by atoms with van der Waals surface area (Å²) in [5, 5.41) is 9.98. The van der Waals surface area contributed by atoms with Crippen molar-refractivity contribution in [3.63, 3.8) is 0 Å². The Morgan fingerprint density at radius 3 is 2.57 bits per heavy atom. The molecule has 4 rings (SSSR count). The Bertz CT molecular complexity index is 1160. The zero-order chi connectivity index (χ0) is 21.1. The number of alkyl halides is 3. The van der Waals surface area contributed by atoms with Crippen LogP contribution in [0, 0.1) is 0 Å². The lowest BCUT2D eigenvalue weighted by Crippen LogP contribution is -2.04. The smallest absolute Gasteiger partial charge is 0.416 e. The van der Waals surface area contributed by atoms with Crippen LogP contribution in [0.2, 0.25) is 0 Å². The van der Waals surface area contributed by atoms with E-state index in [9.17, 15) is 13.2 Å². The van der Waals surface area contributed by atoms with Crippen LogP contribution in [0.4, 0.5) is 24.8 Å². The van der Waals surface area contributed by atoms with Gasteiger partial charge >= 0.3 is 6.18 Å². The molecule has 0 bridgehead atoms. The van der Waals surface area contributed by atoms with Gasteiger partial charge in [0.05, 0.1) is 30.3 Å². The molecule has 2 aromatic carbocycles. The first-order valence-electron chi connectivity index (χ1n) is 8.89. The summed E-state index contributed by atoms with van der Waals surface area (Å²) in [5.41, 5.74) is 2.39. The number of methoxy groups -OCH3 is 1. The maximum atomic E-state index is 12.8. The second-order valence-corrected chi connectivity index (χ2v) is 6.36. The highest BCUT2D eigenvalue weighted by Gasteiger charge is 2.30. The van der Waals surface area contributed by atoms with Gasteiger partial charge < -0.3 is 10.1 Å². The number of halogens is 3. The molecule has 0 saturated carbocycles. The first-order chi connectivity index (χ1) is 14.4. The van der Waals surface area contributed by atoms with Gasteiger partial charge in [-0.25, -0.2) is 9.97 Å². The number of benzene rings is 2. The van der Waals surface area contributed by atoms with E-state index in [1.54, 1.807) is 25.6 Å². The van der Waals surface area contributed by atoms with Crippen LogP contribution in [0.3, 0.4) is 0 Å². The number of hydrogen-bond acceptors (Lipinski definition) is 5. The molecule has 0 aliphatic rings. The fourth-order valence-electron chi connectivity index (χ4n) is 2.93. The Kier molecular flexibility index (Phi) is 5.09. The monoisotopic (exact) mass is 411 g/mol.